The number of para-hydroxylation sites is 1. The molecule has 0 aliphatic carbocycles. The number of piperazine rings is 1. The molecule has 0 radical (unpaired) electrons. The van der Waals surface area contributed by atoms with E-state index in [2.05, 4.69) is 44.1 Å². The number of benzene rings is 3. The average Bonchev–Trinajstić information content (AvgIpc) is 3.02. The van der Waals surface area contributed by atoms with E-state index in [-0.39, 0.29) is 12.2 Å². The number of carbonyl (C=O) groups excluding carboxylic acids is 1. The van der Waals surface area contributed by atoms with E-state index >= 15 is 0 Å². The van der Waals surface area contributed by atoms with Crippen LogP contribution in [0, 0.1) is 0 Å². The van der Waals surface area contributed by atoms with Crippen molar-refractivity contribution in [3.63, 3.8) is 0 Å². The van der Waals surface area contributed by atoms with Crippen molar-refractivity contribution in [3.05, 3.63) is 83.9 Å². The highest BCUT2D eigenvalue weighted by atomic mass is 35.5. The number of piperidine rings is 1. The molecule has 0 unspecified atom stereocenters. The van der Waals surface area contributed by atoms with Gasteiger partial charge in [-0.05, 0) is 69.2 Å². The summed E-state index contributed by atoms with van der Waals surface area (Å²) in [6, 6.07) is 26.1. The standard InChI is InChI=1S/C34H44ClN5O2/c1-37(17-8-18-38-23-25-40(26-24-38)30-12-7-11-29(35)27-30)21-22-39-19-15-31(16-20-39)42-34(41)36-33-14-6-5-13-32(33)28-9-3-2-4-10-28/h2-7,9-14,27,31H,8,15-26H2,1H3,(H,36,41). The summed E-state index contributed by atoms with van der Waals surface area (Å²) < 4.78 is 5.81. The van der Waals surface area contributed by atoms with Crippen LogP contribution in [0.1, 0.15) is 19.3 Å². The largest absolute Gasteiger partial charge is 0.446 e. The Labute approximate surface area is 256 Å². The number of likely N-dealkylation sites (tertiary alicyclic amines) is 1. The van der Waals surface area contributed by atoms with Crippen molar-refractivity contribution in [2.45, 2.75) is 25.4 Å². The van der Waals surface area contributed by atoms with Gasteiger partial charge < -0.3 is 19.4 Å². The number of hydrogen-bond acceptors (Lipinski definition) is 6. The van der Waals surface area contributed by atoms with Gasteiger partial charge in [-0.15, -0.1) is 0 Å². The number of nitrogens with zero attached hydrogens (tertiary/aromatic N) is 4. The van der Waals surface area contributed by atoms with Crippen LogP contribution >= 0.6 is 11.6 Å². The highest BCUT2D eigenvalue weighted by Crippen LogP contribution is 2.28. The monoisotopic (exact) mass is 589 g/mol. The maximum Gasteiger partial charge on any atom is 0.411 e. The predicted molar refractivity (Wildman–Crippen MR) is 174 cm³/mol. The highest BCUT2D eigenvalue weighted by molar-refractivity contribution is 6.30. The fraction of sp³-hybridized carbons (Fsp3) is 0.441. The van der Waals surface area contributed by atoms with Crippen molar-refractivity contribution >= 4 is 29.1 Å². The van der Waals surface area contributed by atoms with Crippen LogP contribution in [0.4, 0.5) is 16.2 Å². The zero-order valence-corrected chi connectivity index (χ0v) is 25.5. The summed E-state index contributed by atoms with van der Waals surface area (Å²) in [5.74, 6) is 0. The summed E-state index contributed by atoms with van der Waals surface area (Å²) in [6.45, 7) is 10.6. The van der Waals surface area contributed by atoms with Gasteiger partial charge in [0.25, 0.3) is 0 Å². The van der Waals surface area contributed by atoms with Crippen LogP contribution in [0.5, 0.6) is 0 Å². The smallest absolute Gasteiger partial charge is 0.411 e. The predicted octanol–water partition coefficient (Wildman–Crippen LogP) is 6.16. The third-order valence-electron chi connectivity index (χ3n) is 8.41. The molecule has 0 saturated carbocycles. The molecule has 2 fully saturated rings. The number of halogens is 1. The summed E-state index contributed by atoms with van der Waals surface area (Å²) >= 11 is 6.17. The molecule has 42 heavy (non-hydrogen) atoms. The highest BCUT2D eigenvalue weighted by Gasteiger charge is 2.23. The molecule has 224 valence electrons. The lowest BCUT2D eigenvalue weighted by molar-refractivity contribution is 0.0564. The maximum absolute atomic E-state index is 12.7. The van der Waals surface area contributed by atoms with Gasteiger partial charge in [0.05, 0.1) is 5.69 Å². The molecule has 2 aliphatic rings. The summed E-state index contributed by atoms with van der Waals surface area (Å²) in [4.78, 5) is 22.7. The second-order valence-corrected chi connectivity index (χ2v) is 11.9. The van der Waals surface area contributed by atoms with Gasteiger partial charge in [-0.25, -0.2) is 4.79 Å². The number of ether oxygens (including phenoxy) is 1. The summed E-state index contributed by atoms with van der Waals surface area (Å²) in [5.41, 5.74) is 4.06. The van der Waals surface area contributed by atoms with Gasteiger partial charge in [-0.1, -0.05) is 66.2 Å². The summed E-state index contributed by atoms with van der Waals surface area (Å²) in [6.07, 6.45) is 2.52. The Hall–Kier alpha value is -3.10. The normalized spacial score (nSPS) is 17.0. The Morgan fingerprint density at radius 1 is 0.857 bits per heavy atom. The lowest BCUT2D eigenvalue weighted by Crippen LogP contribution is -2.47. The second kappa shape index (κ2) is 15.4. The molecule has 3 aromatic rings. The van der Waals surface area contributed by atoms with Crippen molar-refractivity contribution in [1.82, 2.24) is 14.7 Å². The third kappa shape index (κ3) is 8.95. The van der Waals surface area contributed by atoms with Crippen molar-refractivity contribution in [2.75, 3.05) is 82.7 Å². The minimum absolute atomic E-state index is 0.0396. The summed E-state index contributed by atoms with van der Waals surface area (Å²) in [5, 5.41) is 3.78. The van der Waals surface area contributed by atoms with Gasteiger partial charge in [-0.3, -0.25) is 10.2 Å². The Kier molecular flexibility index (Phi) is 11.1. The first kappa shape index (κ1) is 30.4. The van der Waals surface area contributed by atoms with Crippen molar-refractivity contribution < 1.29 is 9.53 Å². The van der Waals surface area contributed by atoms with Crippen LogP contribution < -0.4 is 10.2 Å². The molecule has 1 N–H and O–H groups in total. The zero-order chi connectivity index (χ0) is 29.1. The van der Waals surface area contributed by atoms with E-state index in [9.17, 15) is 4.79 Å². The molecule has 0 bridgehead atoms. The molecule has 1 amide bonds. The Morgan fingerprint density at radius 2 is 1.57 bits per heavy atom. The van der Waals surface area contributed by atoms with Gasteiger partial charge in [0.1, 0.15) is 6.10 Å². The topological polar surface area (TPSA) is 51.3 Å². The first-order chi connectivity index (χ1) is 20.5. The molecular weight excluding hydrogens is 546 g/mol. The van der Waals surface area contributed by atoms with Crippen LogP contribution in [0.2, 0.25) is 5.02 Å². The molecule has 7 nitrogen and oxygen atoms in total. The lowest BCUT2D eigenvalue weighted by atomic mass is 10.0. The first-order valence-corrected chi connectivity index (χ1v) is 15.7. The van der Waals surface area contributed by atoms with Gasteiger partial charge in [0.15, 0.2) is 0 Å². The van der Waals surface area contributed by atoms with E-state index in [1.165, 1.54) is 12.1 Å². The maximum atomic E-state index is 12.7. The number of anilines is 2. The molecule has 2 heterocycles. The van der Waals surface area contributed by atoms with Crippen LogP contribution in [-0.2, 0) is 4.74 Å². The first-order valence-electron chi connectivity index (χ1n) is 15.3. The van der Waals surface area contributed by atoms with Crippen LogP contribution in [0.15, 0.2) is 78.9 Å². The Morgan fingerprint density at radius 3 is 2.33 bits per heavy atom. The van der Waals surface area contributed by atoms with Crippen LogP contribution in [0.25, 0.3) is 11.1 Å². The fourth-order valence-corrected chi connectivity index (χ4v) is 6.08. The third-order valence-corrected chi connectivity index (χ3v) is 8.65. The van der Waals surface area contributed by atoms with E-state index in [1.807, 2.05) is 66.7 Å². The van der Waals surface area contributed by atoms with Gasteiger partial charge in [0.2, 0.25) is 0 Å². The molecule has 3 aromatic carbocycles. The molecular formula is C34H44ClN5O2. The minimum Gasteiger partial charge on any atom is -0.446 e. The van der Waals surface area contributed by atoms with Gasteiger partial charge >= 0.3 is 6.09 Å². The number of nitrogens with one attached hydrogen (secondary N) is 1. The molecule has 0 atom stereocenters. The van der Waals surface area contributed by atoms with E-state index < -0.39 is 0 Å². The van der Waals surface area contributed by atoms with Crippen molar-refractivity contribution in [2.24, 2.45) is 0 Å². The van der Waals surface area contributed by atoms with Crippen LogP contribution in [-0.4, -0.2) is 99.4 Å². The minimum atomic E-state index is -0.373. The molecule has 2 saturated heterocycles. The van der Waals surface area contributed by atoms with Crippen LogP contribution in [0.3, 0.4) is 0 Å². The lowest BCUT2D eigenvalue weighted by Gasteiger charge is -2.36. The number of hydrogen-bond donors (Lipinski definition) is 1. The number of likely N-dealkylation sites (N-methyl/N-ethyl adjacent to an activating group) is 1. The molecule has 5 rings (SSSR count). The van der Waals surface area contributed by atoms with Gasteiger partial charge in [0, 0.05) is 68.6 Å². The number of amides is 1. The fourth-order valence-electron chi connectivity index (χ4n) is 5.89. The van der Waals surface area contributed by atoms with E-state index in [4.69, 9.17) is 16.3 Å². The van der Waals surface area contributed by atoms with E-state index in [1.54, 1.807) is 0 Å². The van der Waals surface area contributed by atoms with E-state index in [0.717, 1.165) is 100 Å². The Bertz CT molecular complexity index is 1260. The Balaban J connectivity index is 0.941. The average molecular weight is 590 g/mol. The summed E-state index contributed by atoms with van der Waals surface area (Å²) in [7, 11) is 2.23. The number of carbonyl (C=O) groups is 1. The molecule has 0 spiro atoms. The zero-order valence-electron chi connectivity index (χ0n) is 24.8. The van der Waals surface area contributed by atoms with Crippen molar-refractivity contribution in [3.8, 4) is 11.1 Å². The van der Waals surface area contributed by atoms with Crippen molar-refractivity contribution in [1.29, 1.82) is 0 Å². The SMILES string of the molecule is CN(CCCN1CCN(c2cccc(Cl)c2)CC1)CCN1CCC(OC(=O)Nc2ccccc2-c2ccccc2)CC1. The molecule has 2 aliphatic heterocycles. The molecule has 0 aromatic heterocycles. The number of rotatable bonds is 11. The quantitative estimate of drug-likeness (QED) is 0.289. The van der Waals surface area contributed by atoms with Gasteiger partial charge in [-0.2, -0.15) is 0 Å². The molecule has 8 heteroatoms. The van der Waals surface area contributed by atoms with E-state index in [0.29, 0.717) is 0 Å². The second-order valence-electron chi connectivity index (χ2n) is 11.4.